The summed E-state index contributed by atoms with van der Waals surface area (Å²) in [6.45, 7) is 7.60. The lowest BCUT2D eigenvalue weighted by Gasteiger charge is -2.33. The van der Waals surface area contributed by atoms with Crippen LogP contribution in [-0.4, -0.2) is 72.8 Å². The minimum atomic E-state index is -3.97. The zero-order chi connectivity index (χ0) is 34.4. The number of carbonyl (C=O) groups excluding carboxylic acids is 3. The first-order valence-corrected chi connectivity index (χ1v) is 17.5. The highest BCUT2D eigenvalue weighted by Crippen LogP contribution is 2.29. The maximum absolute atomic E-state index is 14.1. The Morgan fingerprint density at radius 2 is 1.79 bits per heavy atom. The Bertz CT molecular complexity index is 1650. The second kappa shape index (κ2) is 15.4. The van der Waals surface area contributed by atoms with E-state index in [1.807, 2.05) is 31.2 Å². The van der Waals surface area contributed by atoms with Gasteiger partial charge in [-0.2, -0.15) is 4.31 Å². The first kappa shape index (κ1) is 36.0. The van der Waals surface area contributed by atoms with Gasteiger partial charge in [0.25, 0.3) is 0 Å². The number of hydrogen-bond acceptors (Lipinski definition) is 7. The van der Waals surface area contributed by atoms with Gasteiger partial charge in [-0.15, -0.1) is 0 Å². The monoisotopic (exact) mass is 671 g/mol. The number of hydrogen-bond donors (Lipinski definition) is 4. The van der Waals surface area contributed by atoms with Gasteiger partial charge < -0.3 is 26.1 Å². The van der Waals surface area contributed by atoms with Gasteiger partial charge in [-0.3, -0.25) is 9.59 Å². The molecular formula is C34H46FN5O6S. The molecule has 0 aliphatic carbocycles. The summed E-state index contributed by atoms with van der Waals surface area (Å²) in [6, 6.07) is 10.1. The Hall–Kier alpha value is -3.81. The Kier molecular flexibility index (Phi) is 11.8. The molecule has 5 N–H and O–H groups in total. The van der Waals surface area contributed by atoms with Crippen LogP contribution in [0.4, 0.5) is 4.39 Å². The van der Waals surface area contributed by atoms with E-state index in [0.29, 0.717) is 38.6 Å². The number of rotatable bonds is 13. The minimum absolute atomic E-state index is 0.0620. The molecular weight excluding hydrogens is 625 g/mol. The van der Waals surface area contributed by atoms with Crippen molar-refractivity contribution < 1.29 is 31.9 Å². The number of halogens is 1. The van der Waals surface area contributed by atoms with Crippen LogP contribution in [0.1, 0.15) is 71.3 Å². The number of piperidine rings is 1. The summed E-state index contributed by atoms with van der Waals surface area (Å²) in [4.78, 5) is 44.3. The predicted octanol–water partition coefficient (Wildman–Crippen LogP) is 3.95. The second-order valence-electron chi connectivity index (χ2n) is 13.1. The normalized spacial score (nSPS) is 17.9. The second-order valence-corrected chi connectivity index (χ2v) is 15.0. The van der Waals surface area contributed by atoms with E-state index in [0.717, 1.165) is 28.6 Å². The third-order valence-corrected chi connectivity index (χ3v) is 10.2. The molecule has 3 aromatic rings. The lowest BCUT2D eigenvalue weighted by molar-refractivity contribution is -0.159. The summed E-state index contributed by atoms with van der Waals surface area (Å²) in [7, 11) is -3.97. The van der Waals surface area contributed by atoms with Crippen LogP contribution < -0.4 is 16.4 Å². The number of aromatic amines is 1. The molecule has 1 saturated heterocycles. The predicted molar refractivity (Wildman–Crippen MR) is 177 cm³/mol. The number of nitrogens with one attached hydrogen (secondary N) is 3. The molecule has 1 unspecified atom stereocenters. The van der Waals surface area contributed by atoms with E-state index in [9.17, 15) is 27.2 Å². The van der Waals surface area contributed by atoms with Crippen LogP contribution in [0.15, 0.2) is 59.6 Å². The number of esters is 1. The van der Waals surface area contributed by atoms with Gasteiger partial charge in [-0.25, -0.2) is 17.6 Å². The van der Waals surface area contributed by atoms with Gasteiger partial charge >= 0.3 is 5.97 Å². The zero-order valence-electron chi connectivity index (χ0n) is 27.4. The van der Waals surface area contributed by atoms with Crippen molar-refractivity contribution in [2.45, 2.75) is 88.3 Å². The van der Waals surface area contributed by atoms with Gasteiger partial charge in [0.2, 0.25) is 21.8 Å². The van der Waals surface area contributed by atoms with Crippen LogP contribution in [0.3, 0.4) is 0 Å². The fourth-order valence-corrected chi connectivity index (χ4v) is 7.37. The molecule has 1 fully saturated rings. The summed E-state index contributed by atoms with van der Waals surface area (Å²) >= 11 is 0. The Labute approximate surface area is 275 Å². The number of amides is 2. The van der Waals surface area contributed by atoms with Crippen molar-refractivity contribution in [1.29, 1.82) is 0 Å². The first-order chi connectivity index (χ1) is 22.2. The molecule has 1 aliphatic rings. The third-order valence-electron chi connectivity index (χ3n) is 8.35. The Morgan fingerprint density at radius 1 is 1.09 bits per heavy atom. The molecule has 2 heterocycles. The van der Waals surface area contributed by atoms with Crippen LogP contribution in [-0.2, 0) is 29.1 Å². The molecule has 0 bridgehead atoms. The average molecular weight is 672 g/mol. The molecule has 13 heteroatoms. The highest BCUT2D eigenvalue weighted by atomic mass is 32.2. The van der Waals surface area contributed by atoms with Gasteiger partial charge in [0.15, 0.2) is 0 Å². The van der Waals surface area contributed by atoms with Gasteiger partial charge in [-0.05, 0) is 95.3 Å². The molecule has 1 aliphatic heterocycles. The summed E-state index contributed by atoms with van der Waals surface area (Å²) in [5, 5.41) is 6.63. The highest BCUT2D eigenvalue weighted by molar-refractivity contribution is 7.89. The van der Waals surface area contributed by atoms with Gasteiger partial charge in [0.1, 0.15) is 23.5 Å². The molecule has 0 saturated carbocycles. The summed E-state index contributed by atoms with van der Waals surface area (Å²) < 4.78 is 47.0. The summed E-state index contributed by atoms with van der Waals surface area (Å²) in [5.74, 6) is -3.46. The SMILES string of the molecule is C[C@@H](c1c[nH]c2ccccc12)[C@H](NC(=O)C1CCCN(S(=O)(=O)c2ccc(F)cc2)C1)C(=O)N[C@@H](CCCCN)C(=O)OC(C)(C)C. The van der Waals surface area contributed by atoms with Crippen molar-refractivity contribution in [2.75, 3.05) is 19.6 Å². The molecule has 4 rings (SSSR count). The molecule has 0 spiro atoms. The molecule has 1 aromatic heterocycles. The van der Waals surface area contributed by atoms with Crippen LogP contribution >= 0.6 is 0 Å². The van der Waals surface area contributed by atoms with Gasteiger partial charge in [0.05, 0.1) is 10.8 Å². The van der Waals surface area contributed by atoms with Crippen molar-refractivity contribution in [3.63, 3.8) is 0 Å². The van der Waals surface area contributed by atoms with Crippen LogP contribution in [0.5, 0.6) is 0 Å². The number of unbranched alkanes of at least 4 members (excludes halogenated alkanes) is 1. The molecule has 256 valence electrons. The highest BCUT2D eigenvalue weighted by Gasteiger charge is 2.38. The number of H-pyrrole nitrogens is 1. The topological polar surface area (TPSA) is 164 Å². The smallest absolute Gasteiger partial charge is 0.329 e. The van der Waals surface area contributed by atoms with E-state index in [1.165, 1.54) is 16.4 Å². The number of carbonyl (C=O) groups is 3. The van der Waals surface area contributed by atoms with Crippen molar-refractivity contribution in [3.05, 3.63) is 66.1 Å². The standard InChI is InChI=1S/C34H46FN5O6S/c1-22(27-20-37-28-12-6-5-11-26(27)28)30(32(42)38-29(13-7-8-18-36)33(43)46-34(2,3)4)39-31(41)23-10-9-19-40(21-23)47(44,45)25-16-14-24(35)15-17-25/h5-6,11-12,14-17,20,22-23,29-30,37H,7-10,13,18-19,21,36H2,1-4H3,(H,38,42)(H,39,41)/t22-,23?,29-,30-/m0/s1. The van der Waals surface area contributed by atoms with E-state index in [1.54, 1.807) is 27.0 Å². The lowest BCUT2D eigenvalue weighted by Crippen LogP contribution is -2.56. The van der Waals surface area contributed by atoms with E-state index >= 15 is 0 Å². The van der Waals surface area contributed by atoms with E-state index in [4.69, 9.17) is 10.5 Å². The van der Waals surface area contributed by atoms with Crippen LogP contribution in [0.2, 0.25) is 0 Å². The number of nitrogens with zero attached hydrogens (tertiary/aromatic N) is 1. The number of para-hydroxylation sites is 1. The Morgan fingerprint density at radius 3 is 2.47 bits per heavy atom. The van der Waals surface area contributed by atoms with Crippen molar-refractivity contribution >= 4 is 38.7 Å². The average Bonchev–Trinajstić information content (AvgIpc) is 3.46. The largest absolute Gasteiger partial charge is 0.458 e. The number of aromatic nitrogens is 1. The summed E-state index contributed by atoms with van der Waals surface area (Å²) in [5.41, 5.74) is 6.55. The lowest BCUT2D eigenvalue weighted by atomic mass is 9.90. The fourth-order valence-electron chi connectivity index (χ4n) is 5.85. The molecule has 2 amide bonds. The molecule has 11 nitrogen and oxygen atoms in total. The summed E-state index contributed by atoms with van der Waals surface area (Å²) in [6.07, 6.45) is 4.17. The molecule has 0 radical (unpaired) electrons. The number of nitrogens with two attached hydrogens (primary N) is 1. The zero-order valence-corrected chi connectivity index (χ0v) is 28.2. The van der Waals surface area contributed by atoms with E-state index in [-0.39, 0.29) is 18.0 Å². The van der Waals surface area contributed by atoms with Crippen LogP contribution in [0.25, 0.3) is 10.9 Å². The number of sulfonamides is 1. The van der Waals surface area contributed by atoms with E-state index in [2.05, 4.69) is 15.6 Å². The first-order valence-electron chi connectivity index (χ1n) is 16.1. The van der Waals surface area contributed by atoms with Gasteiger partial charge in [0, 0.05) is 36.1 Å². The Balaban J connectivity index is 1.59. The van der Waals surface area contributed by atoms with E-state index < -0.39 is 63.1 Å². The van der Waals surface area contributed by atoms with Crippen molar-refractivity contribution in [3.8, 4) is 0 Å². The maximum atomic E-state index is 14.1. The number of benzene rings is 2. The quantitative estimate of drug-likeness (QED) is 0.158. The van der Waals surface area contributed by atoms with Gasteiger partial charge in [-0.1, -0.05) is 25.1 Å². The van der Waals surface area contributed by atoms with Crippen LogP contribution in [0, 0.1) is 11.7 Å². The number of fused-ring (bicyclic) bond motifs is 1. The molecule has 47 heavy (non-hydrogen) atoms. The van der Waals surface area contributed by atoms with Crippen molar-refractivity contribution in [1.82, 2.24) is 19.9 Å². The fraction of sp³-hybridized carbons (Fsp3) is 0.500. The third kappa shape index (κ3) is 9.17. The van der Waals surface area contributed by atoms with Crippen molar-refractivity contribution in [2.24, 2.45) is 11.7 Å². The molecule has 2 aromatic carbocycles. The minimum Gasteiger partial charge on any atom is -0.458 e. The number of ether oxygens (including phenoxy) is 1. The molecule has 4 atom stereocenters. The maximum Gasteiger partial charge on any atom is 0.329 e.